The number of sulfonamides is 1. The maximum absolute atomic E-state index is 12.1. The van der Waals surface area contributed by atoms with Crippen LogP contribution >= 0.6 is 0 Å². The fraction of sp³-hybridized carbons (Fsp3) is 0.533. The molecule has 5 nitrogen and oxygen atoms in total. The largest absolute Gasteiger partial charge is 0.352 e. The molecule has 0 unspecified atom stereocenters. The quantitative estimate of drug-likeness (QED) is 0.872. The zero-order chi connectivity index (χ0) is 15.6. The van der Waals surface area contributed by atoms with Gasteiger partial charge < -0.3 is 5.32 Å². The van der Waals surface area contributed by atoms with Gasteiger partial charge in [-0.05, 0) is 30.4 Å². The molecule has 0 saturated heterocycles. The molecule has 0 radical (unpaired) electrons. The second-order valence-electron chi connectivity index (χ2n) is 5.82. The predicted molar refractivity (Wildman–Crippen MR) is 83.9 cm³/mol. The van der Waals surface area contributed by atoms with Crippen LogP contribution in [0.4, 0.5) is 5.69 Å². The van der Waals surface area contributed by atoms with E-state index >= 15 is 0 Å². The molecule has 0 spiro atoms. The summed E-state index contributed by atoms with van der Waals surface area (Å²) in [6.45, 7) is 3.84. The molecule has 1 fully saturated rings. The van der Waals surface area contributed by atoms with Crippen molar-refractivity contribution < 1.29 is 13.2 Å². The smallest absolute Gasteiger partial charge is 0.240 e. The number of hydrogen-bond acceptors (Lipinski definition) is 3. The maximum Gasteiger partial charge on any atom is 0.240 e. The van der Waals surface area contributed by atoms with Gasteiger partial charge in [-0.1, -0.05) is 32.0 Å². The minimum absolute atomic E-state index is 0.168. The van der Waals surface area contributed by atoms with E-state index < -0.39 is 10.0 Å². The minimum atomic E-state index is -3.51. The summed E-state index contributed by atoms with van der Waals surface area (Å²) in [4.78, 5) is 12.0. The van der Waals surface area contributed by atoms with Gasteiger partial charge >= 0.3 is 0 Å². The molecule has 0 aromatic heterocycles. The zero-order valence-electron chi connectivity index (χ0n) is 12.7. The van der Waals surface area contributed by atoms with E-state index in [-0.39, 0.29) is 24.4 Å². The molecule has 2 rings (SSSR count). The highest BCUT2D eigenvalue weighted by Gasteiger charge is 2.27. The summed E-state index contributed by atoms with van der Waals surface area (Å²) >= 11 is 0. The highest BCUT2D eigenvalue weighted by Crippen LogP contribution is 2.29. The van der Waals surface area contributed by atoms with E-state index in [1.807, 2.05) is 26.0 Å². The Labute approximate surface area is 126 Å². The lowest BCUT2D eigenvalue weighted by molar-refractivity contribution is -0.119. The van der Waals surface area contributed by atoms with Gasteiger partial charge in [-0.15, -0.1) is 0 Å². The molecule has 0 atom stereocenters. The molecule has 21 heavy (non-hydrogen) atoms. The maximum atomic E-state index is 12.1. The van der Waals surface area contributed by atoms with Gasteiger partial charge in [0.25, 0.3) is 0 Å². The van der Waals surface area contributed by atoms with Crippen molar-refractivity contribution in [1.29, 1.82) is 0 Å². The number of para-hydroxylation sites is 1. The van der Waals surface area contributed by atoms with Crippen LogP contribution in [0.2, 0.25) is 0 Å². The summed E-state index contributed by atoms with van der Waals surface area (Å²) in [5, 5.41) is 2.83. The Kier molecular flexibility index (Phi) is 4.56. The van der Waals surface area contributed by atoms with Gasteiger partial charge in [0, 0.05) is 6.04 Å². The van der Waals surface area contributed by atoms with E-state index in [4.69, 9.17) is 0 Å². The number of anilines is 1. The number of rotatable bonds is 6. The number of carbonyl (C=O) groups excluding carboxylic acids is 1. The van der Waals surface area contributed by atoms with E-state index in [0.717, 1.165) is 24.7 Å². The minimum Gasteiger partial charge on any atom is -0.352 e. The van der Waals surface area contributed by atoms with Crippen molar-refractivity contribution in [3.8, 4) is 0 Å². The standard InChI is InChI=1S/C15H22N2O3S/c1-11(2)13-6-4-5-7-14(13)17(21(3,19)20)10-15(18)16-12-8-9-12/h4-7,11-12H,8-10H2,1-3H3,(H,16,18). The molecule has 1 aliphatic carbocycles. The molecular formula is C15H22N2O3S. The monoisotopic (exact) mass is 310 g/mol. The molecule has 1 amide bonds. The molecule has 1 aliphatic rings. The van der Waals surface area contributed by atoms with Crippen LogP contribution in [0, 0.1) is 0 Å². The van der Waals surface area contributed by atoms with Crippen molar-refractivity contribution in [2.24, 2.45) is 0 Å². The van der Waals surface area contributed by atoms with Crippen molar-refractivity contribution in [2.45, 2.75) is 38.6 Å². The summed E-state index contributed by atoms with van der Waals surface area (Å²) in [5.41, 5.74) is 1.50. The van der Waals surface area contributed by atoms with E-state index in [1.165, 1.54) is 4.31 Å². The van der Waals surface area contributed by atoms with Crippen LogP contribution in [-0.4, -0.2) is 33.2 Å². The molecule has 1 aromatic carbocycles. The van der Waals surface area contributed by atoms with Crippen molar-refractivity contribution in [3.63, 3.8) is 0 Å². The molecule has 6 heteroatoms. The number of carbonyl (C=O) groups is 1. The summed E-state index contributed by atoms with van der Waals surface area (Å²) in [6.07, 6.45) is 3.09. The highest BCUT2D eigenvalue weighted by atomic mass is 32.2. The summed E-state index contributed by atoms with van der Waals surface area (Å²) in [7, 11) is -3.51. The first-order chi connectivity index (χ1) is 9.79. The van der Waals surface area contributed by atoms with Crippen LogP contribution in [0.1, 0.15) is 38.2 Å². The van der Waals surface area contributed by atoms with Crippen LogP contribution in [0.15, 0.2) is 24.3 Å². The first-order valence-corrected chi connectivity index (χ1v) is 9.00. The first kappa shape index (κ1) is 15.8. The van der Waals surface area contributed by atoms with Crippen LogP contribution in [0.25, 0.3) is 0 Å². The average molecular weight is 310 g/mol. The Morgan fingerprint density at radius 2 is 1.95 bits per heavy atom. The molecule has 0 bridgehead atoms. The van der Waals surface area contributed by atoms with Crippen LogP contribution < -0.4 is 9.62 Å². The average Bonchev–Trinajstić information content (AvgIpc) is 3.18. The highest BCUT2D eigenvalue weighted by molar-refractivity contribution is 7.92. The number of amides is 1. The normalized spacial score (nSPS) is 15.0. The lowest BCUT2D eigenvalue weighted by Gasteiger charge is -2.25. The second kappa shape index (κ2) is 6.05. The van der Waals surface area contributed by atoms with E-state index in [2.05, 4.69) is 5.32 Å². The van der Waals surface area contributed by atoms with E-state index in [1.54, 1.807) is 12.1 Å². The Bertz CT molecular complexity index is 622. The molecular weight excluding hydrogens is 288 g/mol. The Morgan fingerprint density at radius 1 is 1.33 bits per heavy atom. The van der Waals surface area contributed by atoms with Crippen LogP contribution in [-0.2, 0) is 14.8 Å². The van der Waals surface area contributed by atoms with Gasteiger partial charge in [-0.2, -0.15) is 0 Å². The number of nitrogens with one attached hydrogen (secondary N) is 1. The molecule has 116 valence electrons. The van der Waals surface area contributed by atoms with Crippen molar-refractivity contribution in [2.75, 3.05) is 17.1 Å². The topological polar surface area (TPSA) is 66.5 Å². The molecule has 0 aliphatic heterocycles. The lowest BCUT2D eigenvalue weighted by atomic mass is 10.0. The third-order valence-electron chi connectivity index (χ3n) is 3.46. The van der Waals surface area contributed by atoms with Gasteiger partial charge in [0.1, 0.15) is 6.54 Å². The van der Waals surface area contributed by atoms with Gasteiger partial charge in [-0.3, -0.25) is 9.10 Å². The van der Waals surface area contributed by atoms with Gasteiger partial charge in [0.05, 0.1) is 11.9 Å². The Morgan fingerprint density at radius 3 is 2.48 bits per heavy atom. The Hall–Kier alpha value is -1.56. The lowest BCUT2D eigenvalue weighted by Crippen LogP contribution is -2.41. The summed E-state index contributed by atoms with van der Waals surface area (Å²) < 4.78 is 25.4. The Balaban J connectivity index is 2.30. The van der Waals surface area contributed by atoms with Crippen LogP contribution in [0.5, 0.6) is 0 Å². The number of nitrogens with zero attached hydrogens (tertiary/aromatic N) is 1. The fourth-order valence-corrected chi connectivity index (χ4v) is 3.09. The van der Waals surface area contributed by atoms with E-state index in [0.29, 0.717) is 5.69 Å². The third-order valence-corrected chi connectivity index (χ3v) is 4.58. The molecule has 1 saturated carbocycles. The first-order valence-electron chi connectivity index (χ1n) is 7.15. The number of hydrogen-bond donors (Lipinski definition) is 1. The fourth-order valence-electron chi connectivity index (χ4n) is 2.22. The van der Waals surface area contributed by atoms with Gasteiger partial charge in [0.2, 0.25) is 15.9 Å². The van der Waals surface area contributed by atoms with Crippen molar-refractivity contribution in [3.05, 3.63) is 29.8 Å². The SMILES string of the molecule is CC(C)c1ccccc1N(CC(=O)NC1CC1)S(C)(=O)=O. The zero-order valence-corrected chi connectivity index (χ0v) is 13.5. The van der Waals surface area contributed by atoms with Crippen molar-refractivity contribution in [1.82, 2.24) is 5.32 Å². The summed E-state index contributed by atoms with van der Waals surface area (Å²) in [5.74, 6) is -0.0709. The van der Waals surface area contributed by atoms with Crippen molar-refractivity contribution >= 4 is 21.6 Å². The molecule has 1 aromatic rings. The van der Waals surface area contributed by atoms with Gasteiger partial charge in [0.15, 0.2) is 0 Å². The van der Waals surface area contributed by atoms with Crippen LogP contribution in [0.3, 0.4) is 0 Å². The second-order valence-corrected chi connectivity index (χ2v) is 7.73. The molecule has 0 heterocycles. The third kappa shape index (κ3) is 4.20. The molecule has 1 N–H and O–H groups in total. The number of benzene rings is 1. The summed E-state index contributed by atoms with van der Waals surface area (Å²) in [6, 6.07) is 7.54. The van der Waals surface area contributed by atoms with Gasteiger partial charge in [-0.25, -0.2) is 8.42 Å². The van der Waals surface area contributed by atoms with E-state index in [9.17, 15) is 13.2 Å². The predicted octanol–water partition coefficient (Wildman–Crippen LogP) is 1.85.